The monoisotopic (exact) mass is 1420 g/mol. The first-order valence-electron chi connectivity index (χ1n) is 38.8. The van der Waals surface area contributed by atoms with Crippen LogP contribution in [0.1, 0.15) is 336 Å². The summed E-state index contributed by atoms with van der Waals surface area (Å²) in [6.45, 7) is 4.63. The summed E-state index contributed by atoms with van der Waals surface area (Å²) < 4.78 is 68.5. The molecular formula is C79H140O17P2. The molecule has 0 heterocycles. The molecule has 98 heavy (non-hydrogen) atoms. The lowest BCUT2D eigenvalue weighted by molar-refractivity contribution is -0.161. The smallest absolute Gasteiger partial charge is 0.462 e. The van der Waals surface area contributed by atoms with Gasteiger partial charge in [-0.05, 0) is 96.3 Å². The zero-order chi connectivity index (χ0) is 71.8. The molecule has 17 nitrogen and oxygen atoms in total. The van der Waals surface area contributed by atoms with Gasteiger partial charge < -0.3 is 33.8 Å². The first-order chi connectivity index (χ1) is 47.7. The van der Waals surface area contributed by atoms with Gasteiger partial charge in [0.05, 0.1) is 26.4 Å². The van der Waals surface area contributed by atoms with Crippen molar-refractivity contribution < 1.29 is 80.2 Å². The van der Waals surface area contributed by atoms with Crippen molar-refractivity contribution in [3.63, 3.8) is 0 Å². The Morgan fingerprint density at radius 1 is 0.296 bits per heavy atom. The van der Waals surface area contributed by atoms with Crippen molar-refractivity contribution in [2.24, 2.45) is 0 Å². The van der Waals surface area contributed by atoms with Gasteiger partial charge in [-0.15, -0.1) is 0 Å². The van der Waals surface area contributed by atoms with E-state index in [1.807, 2.05) is 0 Å². The summed E-state index contributed by atoms with van der Waals surface area (Å²) in [5.41, 5.74) is 0. The van der Waals surface area contributed by atoms with Crippen molar-refractivity contribution in [3.05, 3.63) is 85.1 Å². The minimum Gasteiger partial charge on any atom is -0.462 e. The molecule has 0 aliphatic rings. The maximum absolute atomic E-state index is 13.1. The molecule has 5 atom stereocenters. The number of allylic oxidation sites excluding steroid dienone is 14. The number of hydrogen-bond donors (Lipinski definition) is 3. The predicted molar refractivity (Wildman–Crippen MR) is 399 cm³/mol. The van der Waals surface area contributed by atoms with Crippen molar-refractivity contribution in [2.75, 3.05) is 39.6 Å². The number of esters is 4. The quantitative estimate of drug-likeness (QED) is 0.0169. The fourth-order valence-corrected chi connectivity index (χ4v) is 12.1. The summed E-state index contributed by atoms with van der Waals surface area (Å²) >= 11 is 0. The van der Waals surface area contributed by atoms with Crippen molar-refractivity contribution in [3.8, 4) is 0 Å². The zero-order valence-corrected chi connectivity index (χ0v) is 63.7. The highest BCUT2D eigenvalue weighted by atomic mass is 31.2. The molecular weight excluding hydrogens is 1280 g/mol. The van der Waals surface area contributed by atoms with Crippen molar-refractivity contribution in [1.29, 1.82) is 0 Å². The van der Waals surface area contributed by atoms with E-state index in [9.17, 15) is 43.2 Å². The molecule has 0 aliphatic carbocycles. The standard InChI is InChI=1S/C79H140O17P2/c1-5-9-13-17-21-25-29-32-35-36-39-41-45-48-52-56-60-64-77(82)89-69-74(95-78(83)65-61-57-53-49-43-28-24-20-16-12-8-4)71-93-97(85,86)91-67-73(80)68-92-98(87,88)94-72-75(96-79(84)66-62-58-54-50-46-42-38-34-31-27-23-19-15-11-7-3)70-90-76(81)63-59-55-51-47-44-40-37-33-30-26-22-18-14-10-6-2/h9-10,13-14,21-22,25-26,32-33,35,37,44,47,73-75,80H,5-8,11-12,15-20,23-24,27-31,34,36,38-43,45-46,48-72H2,1-4H3,(H,85,86)(H,87,88)/b13-9-,14-10-,25-21-,26-22-,35-32-,37-33-,47-44-. The molecule has 0 rings (SSSR count). The first kappa shape index (κ1) is 94.2. The fraction of sp³-hybridized carbons (Fsp3) is 0.772. The number of phosphoric acid groups is 2. The van der Waals surface area contributed by atoms with Gasteiger partial charge in [-0.2, -0.15) is 0 Å². The Morgan fingerprint density at radius 2 is 0.531 bits per heavy atom. The van der Waals surface area contributed by atoms with Gasteiger partial charge in [0.25, 0.3) is 0 Å². The van der Waals surface area contributed by atoms with E-state index in [-0.39, 0.29) is 25.7 Å². The van der Waals surface area contributed by atoms with E-state index in [1.165, 1.54) is 103 Å². The molecule has 0 aliphatic heterocycles. The van der Waals surface area contributed by atoms with Gasteiger partial charge in [-0.3, -0.25) is 37.3 Å². The number of aliphatic hydroxyl groups is 1. The maximum Gasteiger partial charge on any atom is 0.472 e. The van der Waals surface area contributed by atoms with Crippen LogP contribution in [0.15, 0.2) is 85.1 Å². The van der Waals surface area contributed by atoms with Crippen LogP contribution in [0.2, 0.25) is 0 Å². The van der Waals surface area contributed by atoms with Crippen molar-refractivity contribution in [2.45, 2.75) is 354 Å². The molecule has 0 saturated heterocycles. The van der Waals surface area contributed by atoms with E-state index in [0.29, 0.717) is 25.7 Å². The van der Waals surface area contributed by atoms with E-state index in [2.05, 4.69) is 113 Å². The normalized spacial score (nSPS) is 14.4. The third kappa shape index (κ3) is 70.7. The van der Waals surface area contributed by atoms with Gasteiger partial charge in [0.15, 0.2) is 12.2 Å². The van der Waals surface area contributed by atoms with Gasteiger partial charge in [-0.25, -0.2) is 9.13 Å². The average Bonchev–Trinajstić information content (AvgIpc) is 0.982. The number of rotatable bonds is 73. The molecule has 5 unspecified atom stereocenters. The minimum absolute atomic E-state index is 0.0907. The Bertz CT molecular complexity index is 2190. The minimum atomic E-state index is -4.98. The van der Waals surface area contributed by atoms with Crippen LogP contribution in [0.5, 0.6) is 0 Å². The number of ether oxygens (including phenoxy) is 4. The number of aliphatic hydroxyl groups excluding tert-OH is 1. The summed E-state index contributed by atoms with van der Waals surface area (Å²) in [7, 11) is -9.95. The van der Waals surface area contributed by atoms with Gasteiger partial charge in [-0.1, -0.05) is 299 Å². The van der Waals surface area contributed by atoms with Crippen LogP contribution in [0.25, 0.3) is 0 Å². The third-order valence-electron chi connectivity index (χ3n) is 16.4. The molecule has 0 spiro atoms. The lowest BCUT2D eigenvalue weighted by Crippen LogP contribution is -2.30. The molecule has 3 N–H and O–H groups in total. The molecule has 0 bridgehead atoms. The Labute approximate surface area is 595 Å². The van der Waals surface area contributed by atoms with Gasteiger partial charge in [0.1, 0.15) is 19.3 Å². The van der Waals surface area contributed by atoms with E-state index in [4.69, 9.17) is 37.0 Å². The van der Waals surface area contributed by atoms with E-state index < -0.39 is 97.5 Å². The highest BCUT2D eigenvalue weighted by molar-refractivity contribution is 7.47. The van der Waals surface area contributed by atoms with Crippen LogP contribution in [0, 0.1) is 0 Å². The first-order valence-corrected chi connectivity index (χ1v) is 41.8. The summed E-state index contributed by atoms with van der Waals surface area (Å²) in [5.74, 6) is -2.21. The zero-order valence-electron chi connectivity index (χ0n) is 62.0. The lowest BCUT2D eigenvalue weighted by atomic mass is 10.0. The number of hydrogen-bond acceptors (Lipinski definition) is 15. The molecule has 19 heteroatoms. The van der Waals surface area contributed by atoms with Gasteiger partial charge >= 0.3 is 39.5 Å². The summed E-state index contributed by atoms with van der Waals surface area (Å²) in [4.78, 5) is 72.8. The van der Waals surface area contributed by atoms with Crippen LogP contribution in [0.4, 0.5) is 0 Å². The molecule has 0 radical (unpaired) electrons. The molecule has 0 aromatic rings. The highest BCUT2D eigenvalue weighted by Gasteiger charge is 2.30. The van der Waals surface area contributed by atoms with Crippen molar-refractivity contribution >= 4 is 39.5 Å². The topological polar surface area (TPSA) is 237 Å². The number of phosphoric ester groups is 2. The highest BCUT2D eigenvalue weighted by Crippen LogP contribution is 2.45. The number of carbonyl (C=O) groups excluding carboxylic acids is 4. The largest absolute Gasteiger partial charge is 0.472 e. The second-order valence-corrected chi connectivity index (χ2v) is 28.8. The summed E-state index contributed by atoms with van der Waals surface area (Å²) in [5, 5.41) is 10.6. The van der Waals surface area contributed by atoms with E-state index >= 15 is 0 Å². The Morgan fingerprint density at radius 3 is 0.837 bits per heavy atom. The Balaban J connectivity index is 5.33. The van der Waals surface area contributed by atoms with Crippen LogP contribution in [-0.4, -0.2) is 96.7 Å². The van der Waals surface area contributed by atoms with Crippen LogP contribution in [0.3, 0.4) is 0 Å². The van der Waals surface area contributed by atoms with Gasteiger partial charge in [0, 0.05) is 25.7 Å². The molecule has 0 aromatic heterocycles. The summed E-state index contributed by atoms with van der Waals surface area (Å²) in [6, 6.07) is 0. The molecule has 568 valence electrons. The number of unbranched alkanes of at least 4 members (excludes halogenated alkanes) is 33. The molecule has 0 aromatic carbocycles. The van der Waals surface area contributed by atoms with Crippen LogP contribution in [-0.2, 0) is 65.4 Å². The lowest BCUT2D eigenvalue weighted by Gasteiger charge is -2.21. The average molecular weight is 1420 g/mol. The molecule has 0 fully saturated rings. The Hall–Kier alpha value is -3.76. The second-order valence-electron chi connectivity index (χ2n) is 25.9. The van der Waals surface area contributed by atoms with Crippen molar-refractivity contribution in [1.82, 2.24) is 0 Å². The fourth-order valence-electron chi connectivity index (χ4n) is 10.5. The molecule has 0 amide bonds. The predicted octanol–water partition coefficient (Wildman–Crippen LogP) is 22.2. The SMILES string of the molecule is CC/C=C\C/C=C\C/C=C\C/C=C\CCCCC(=O)OCC(COP(=O)(O)OCC(O)COP(=O)(O)OCC(COC(=O)CCCCCCCCC/C=C\C/C=C\C/C=C\CC)OC(=O)CCCCCCCCCCCCC)OC(=O)CCCCCCCCCCCCCCCCC. The maximum atomic E-state index is 13.1. The summed E-state index contributed by atoms with van der Waals surface area (Å²) in [6.07, 6.45) is 72.9. The third-order valence-corrected chi connectivity index (χ3v) is 18.3. The molecule has 0 saturated carbocycles. The van der Waals surface area contributed by atoms with Crippen LogP contribution >= 0.6 is 15.6 Å². The van der Waals surface area contributed by atoms with Gasteiger partial charge in [0.2, 0.25) is 0 Å². The second kappa shape index (κ2) is 71.6. The van der Waals surface area contributed by atoms with E-state index in [1.54, 1.807) is 0 Å². The number of carbonyl (C=O) groups is 4. The Kier molecular flexibility index (Phi) is 68.9. The van der Waals surface area contributed by atoms with Crippen LogP contribution < -0.4 is 0 Å². The van der Waals surface area contributed by atoms with E-state index in [0.717, 1.165) is 154 Å².